The van der Waals surface area contributed by atoms with Crippen molar-refractivity contribution in [2.24, 2.45) is 0 Å². The zero-order valence-corrected chi connectivity index (χ0v) is 16.0. The molecular weight excluding hydrogens is 362 g/mol. The van der Waals surface area contributed by atoms with Crippen molar-refractivity contribution in [2.75, 3.05) is 26.8 Å². The maximum Gasteiger partial charge on any atom is 0.349 e. The number of likely N-dealkylation sites (tertiary alicyclic amines) is 1. The van der Waals surface area contributed by atoms with Crippen molar-refractivity contribution in [1.29, 1.82) is 0 Å². The van der Waals surface area contributed by atoms with Crippen molar-refractivity contribution in [3.8, 4) is 11.5 Å². The molecule has 148 valence electrons. The van der Waals surface area contributed by atoms with Crippen LogP contribution in [-0.2, 0) is 4.74 Å². The molecule has 0 saturated carbocycles. The lowest BCUT2D eigenvalue weighted by atomic mass is 10.0. The summed E-state index contributed by atoms with van der Waals surface area (Å²) >= 11 is 0. The van der Waals surface area contributed by atoms with Crippen LogP contribution in [0, 0.1) is 6.92 Å². The molecule has 2 aliphatic heterocycles. The molecule has 7 heteroatoms. The normalized spacial score (nSPS) is 19.4. The van der Waals surface area contributed by atoms with Gasteiger partial charge in [0.1, 0.15) is 23.5 Å². The van der Waals surface area contributed by atoms with E-state index in [1.165, 1.54) is 0 Å². The van der Waals surface area contributed by atoms with Crippen molar-refractivity contribution >= 4 is 5.91 Å². The van der Waals surface area contributed by atoms with Gasteiger partial charge in [-0.3, -0.25) is 4.79 Å². The minimum absolute atomic E-state index is 0.0810. The Labute approximate surface area is 162 Å². The Morgan fingerprint density at radius 2 is 1.96 bits per heavy atom. The van der Waals surface area contributed by atoms with Crippen LogP contribution in [0.15, 0.2) is 39.5 Å². The van der Waals surface area contributed by atoms with Gasteiger partial charge in [-0.15, -0.1) is 0 Å². The highest BCUT2D eigenvalue weighted by atomic mass is 16.5. The Balaban J connectivity index is 1.43. The summed E-state index contributed by atoms with van der Waals surface area (Å²) in [4.78, 5) is 26.8. The summed E-state index contributed by atoms with van der Waals surface area (Å²) in [6.07, 6.45) is 1.43. The smallest absolute Gasteiger partial charge is 0.349 e. The van der Waals surface area contributed by atoms with Crippen LogP contribution in [0.1, 0.15) is 40.6 Å². The lowest BCUT2D eigenvalue weighted by Crippen LogP contribution is -2.56. The Hall–Kier alpha value is -2.80. The van der Waals surface area contributed by atoms with E-state index in [9.17, 15) is 9.59 Å². The van der Waals surface area contributed by atoms with Crippen LogP contribution in [0.4, 0.5) is 0 Å². The fraction of sp³-hybridized carbons (Fsp3) is 0.429. The molecule has 0 aliphatic carbocycles. The number of benzene rings is 1. The molecule has 1 atom stereocenters. The molecule has 0 spiro atoms. The summed E-state index contributed by atoms with van der Waals surface area (Å²) in [5.74, 6) is 1.45. The first-order valence-corrected chi connectivity index (χ1v) is 9.42. The summed E-state index contributed by atoms with van der Waals surface area (Å²) in [5, 5.41) is 0. The van der Waals surface area contributed by atoms with Crippen LogP contribution in [-0.4, -0.2) is 43.7 Å². The van der Waals surface area contributed by atoms with E-state index in [1.807, 2.05) is 24.3 Å². The van der Waals surface area contributed by atoms with E-state index in [1.54, 1.807) is 25.0 Å². The van der Waals surface area contributed by atoms with Crippen LogP contribution in [0.5, 0.6) is 11.5 Å². The van der Waals surface area contributed by atoms with Gasteiger partial charge >= 0.3 is 5.63 Å². The number of carbonyl (C=O) groups is 1. The van der Waals surface area contributed by atoms with Gasteiger partial charge in [0.2, 0.25) is 0 Å². The van der Waals surface area contributed by atoms with Crippen LogP contribution < -0.4 is 15.1 Å². The number of amides is 1. The molecule has 0 bridgehead atoms. The average Bonchev–Trinajstić information content (AvgIpc) is 3.18. The van der Waals surface area contributed by atoms with Crippen LogP contribution >= 0.6 is 0 Å². The fourth-order valence-corrected chi connectivity index (χ4v) is 3.58. The highest BCUT2D eigenvalue weighted by Gasteiger charge is 2.36. The van der Waals surface area contributed by atoms with Crippen LogP contribution in [0.3, 0.4) is 0 Å². The zero-order valence-electron chi connectivity index (χ0n) is 16.0. The van der Waals surface area contributed by atoms with Crippen LogP contribution in [0.25, 0.3) is 0 Å². The lowest BCUT2D eigenvalue weighted by Gasteiger charge is -2.39. The lowest BCUT2D eigenvalue weighted by molar-refractivity contribution is 0.0163. The standard InChI is InChI=1S/C21H23NO6/c1-13-10-18(16-8-5-9-26-16)28-21(24)19(13)20(23)22-11-14(12-22)27-17-7-4-3-6-15(17)25-2/h3-4,6-7,10,14,16H,5,8-9,11-12H2,1-2H3. The second-order valence-electron chi connectivity index (χ2n) is 7.10. The van der Waals surface area contributed by atoms with Gasteiger partial charge in [0.25, 0.3) is 5.91 Å². The molecule has 0 radical (unpaired) electrons. The molecule has 1 aromatic heterocycles. The summed E-state index contributed by atoms with van der Waals surface area (Å²) in [5.41, 5.74) is 0.0860. The predicted molar refractivity (Wildman–Crippen MR) is 101 cm³/mol. The van der Waals surface area contributed by atoms with E-state index in [-0.39, 0.29) is 23.7 Å². The third-order valence-corrected chi connectivity index (χ3v) is 5.13. The minimum atomic E-state index is -0.607. The Kier molecular flexibility index (Phi) is 5.09. The van der Waals surface area contributed by atoms with Gasteiger partial charge in [-0.2, -0.15) is 0 Å². The van der Waals surface area contributed by atoms with Gasteiger partial charge in [0.05, 0.1) is 20.2 Å². The van der Waals surface area contributed by atoms with E-state index < -0.39 is 5.63 Å². The third-order valence-electron chi connectivity index (χ3n) is 5.13. The molecule has 1 aromatic carbocycles. The Bertz CT molecular complexity index is 925. The average molecular weight is 385 g/mol. The number of ether oxygens (including phenoxy) is 3. The largest absolute Gasteiger partial charge is 0.493 e. The molecule has 7 nitrogen and oxygen atoms in total. The molecule has 2 saturated heterocycles. The van der Waals surface area contributed by atoms with Crippen molar-refractivity contribution in [2.45, 2.75) is 32.0 Å². The van der Waals surface area contributed by atoms with Gasteiger partial charge in [-0.1, -0.05) is 12.1 Å². The minimum Gasteiger partial charge on any atom is -0.493 e. The monoisotopic (exact) mass is 385 g/mol. The maximum atomic E-state index is 12.8. The van der Waals surface area contributed by atoms with Crippen molar-refractivity contribution in [3.05, 3.63) is 57.6 Å². The van der Waals surface area contributed by atoms with Crippen molar-refractivity contribution in [1.82, 2.24) is 4.90 Å². The topological polar surface area (TPSA) is 78.2 Å². The number of hydrogen-bond donors (Lipinski definition) is 0. The molecule has 2 aliphatic rings. The molecule has 1 amide bonds. The first-order valence-electron chi connectivity index (χ1n) is 9.42. The quantitative estimate of drug-likeness (QED) is 0.788. The molecular formula is C21H23NO6. The van der Waals surface area contributed by atoms with Gasteiger partial charge in [-0.05, 0) is 43.5 Å². The van der Waals surface area contributed by atoms with Gasteiger partial charge < -0.3 is 23.5 Å². The molecule has 3 heterocycles. The summed E-state index contributed by atoms with van der Waals surface area (Å²) in [6, 6.07) is 9.12. The number of para-hydroxylation sites is 2. The highest BCUT2D eigenvalue weighted by molar-refractivity contribution is 5.95. The van der Waals surface area contributed by atoms with E-state index >= 15 is 0 Å². The van der Waals surface area contributed by atoms with Crippen molar-refractivity contribution in [3.63, 3.8) is 0 Å². The molecule has 28 heavy (non-hydrogen) atoms. The second-order valence-corrected chi connectivity index (χ2v) is 7.10. The molecule has 4 rings (SSSR count). The van der Waals surface area contributed by atoms with E-state index in [0.29, 0.717) is 42.5 Å². The summed E-state index contributed by atoms with van der Waals surface area (Å²) in [7, 11) is 1.58. The number of aryl methyl sites for hydroxylation is 1. The van der Waals surface area contributed by atoms with E-state index in [4.69, 9.17) is 18.6 Å². The molecule has 2 aromatic rings. The fourth-order valence-electron chi connectivity index (χ4n) is 3.58. The van der Waals surface area contributed by atoms with Gasteiger partial charge in [-0.25, -0.2) is 4.79 Å². The predicted octanol–water partition coefficient (Wildman–Crippen LogP) is 2.71. The first kappa shape index (κ1) is 18.6. The second kappa shape index (κ2) is 7.67. The van der Waals surface area contributed by atoms with Crippen molar-refractivity contribution < 1.29 is 23.4 Å². The van der Waals surface area contributed by atoms with E-state index in [2.05, 4.69) is 0 Å². The number of rotatable bonds is 5. The van der Waals surface area contributed by atoms with Gasteiger partial charge in [0, 0.05) is 6.61 Å². The summed E-state index contributed by atoms with van der Waals surface area (Å²) in [6.45, 7) is 3.23. The number of hydrogen-bond acceptors (Lipinski definition) is 6. The van der Waals surface area contributed by atoms with Crippen LogP contribution in [0.2, 0.25) is 0 Å². The molecule has 0 N–H and O–H groups in total. The number of methoxy groups -OCH3 is 1. The first-order chi connectivity index (χ1) is 13.6. The van der Waals surface area contributed by atoms with Gasteiger partial charge in [0.15, 0.2) is 11.5 Å². The van der Waals surface area contributed by atoms with E-state index in [0.717, 1.165) is 12.8 Å². The molecule has 1 unspecified atom stereocenters. The third kappa shape index (κ3) is 3.49. The number of carbonyl (C=O) groups excluding carboxylic acids is 1. The zero-order chi connectivity index (χ0) is 19.7. The highest BCUT2D eigenvalue weighted by Crippen LogP contribution is 2.30. The Morgan fingerprint density at radius 3 is 2.61 bits per heavy atom. The Morgan fingerprint density at radius 1 is 1.21 bits per heavy atom. The summed E-state index contributed by atoms with van der Waals surface area (Å²) < 4.78 is 22.1. The maximum absolute atomic E-state index is 12.8. The SMILES string of the molecule is COc1ccccc1OC1CN(C(=O)c2c(C)cc(C3CCCO3)oc2=O)C1. The number of nitrogens with zero attached hydrogens (tertiary/aromatic N) is 1. The molecule has 2 fully saturated rings.